The number of carbonyl (C=O) groups excluding carboxylic acids is 1. The topological polar surface area (TPSA) is 78.4 Å². The quantitative estimate of drug-likeness (QED) is 0.629. The summed E-state index contributed by atoms with van der Waals surface area (Å²) in [4.78, 5) is 26.1. The molecule has 5 rings (SSSR count). The maximum Gasteiger partial charge on any atom is 0.249 e. The van der Waals surface area contributed by atoms with Gasteiger partial charge in [-0.2, -0.15) is 0 Å². The highest BCUT2D eigenvalue weighted by atomic mass is 32.1. The first-order valence-corrected chi connectivity index (χ1v) is 11.7. The number of thiophene rings is 1. The van der Waals surface area contributed by atoms with E-state index in [0.717, 1.165) is 52.9 Å². The predicted molar refractivity (Wildman–Crippen MR) is 123 cm³/mol. The first kappa shape index (κ1) is 20.2. The summed E-state index contributed by atoms with van der Waals surface area (Å²) in [5.41, 5.74) is 3.22. The number of fused-ring (bicyclic) bond motifs is 3. The molecule has 31 heavy (non-hydrogen) atoms. The number of nitrogens with zero attached hydrogens (tertiary/aromatic N) is 3. The number of nitrogens with one attached hydrogen (secondary N) is 1. The second-order valence-electron chi connectivity index (χ2n) is 8.15. The van der Waals surface area contributed by atoms with Crippen molar-refractivity contribution in [1.82, 2.24) is 14.9 Å². The third-order valence-electron chi connectivity index (χ3n) is 6.19. The van der Waals surface area contributed by atoms with E-state index in [4.69, 9.17) is 0 Å². The van der Waals surface area contributed by atoms with Crippen LogP contribution in [-0.2, 0) is 17.8 Å². The van der Waals surface area contributed by atoms with Gasteiger partial charge in [-0.1, -0.05) is 36.4 Å². The molecule has 0 saturated heterocycles. The smallest absolute Gasteiger partial charge is 0.249 e. The second-order valence-corrected chi connectivity index (χ2v) is 9.23. The van der Waals surface area contributed by atoms with E-state index >= 15 is 0 Å². The number of aliphatic hydroxyl groups is 1. The molecule has 1 unspecified atom stereocenters. The fraction of sp³-hybridized carbons (Fsp3) is 0.375. The van der Waals surface area contributed by atoms with Gasteiger partial charge < -0.3 is 15.3 Å². The Morgan fingerprint density at radius 1 is 1.19 bits per heavy atom. The summed E-state index contributed by atoms with van der Waals surface area (Å²) in [6.07, 6.45) is 8.70. The molecular weight excluding hydrogens is 408 g/mol. The van der Waals surface area contributed by atoms with Gasteiger partial charge in [0, 0.05) is 17.0 Å². The van der Waals surface area contributed by atoms with E-state index < -0.39 is 0 Å². The van der Waals surface area contributed by atoms with Crippen LogP contribution in [0.5, 0.6) is 0 Å². The van der Waals surface area contributed by atoms with Gasteiger partial charge in [0.05, 0.1) is 24.6 Å². The Bertz CT molecular complexity index is 1130. The molecule has 0 spiro atoms. The summed E-state index contributed by atoms with van der Waals surface area (Å²) in [7, 11) is 0. The van der Waals surface area contributed by atoms with Gasteiger partial charge in [0.2, 0.25) is 5.91 Å². The molecule has 0 radical (unpaired) electrons. The number of aliphatic hydroxyl groups excluding tert-OH is 1. The summed E-state index contributed by atoms with van der Waals surface area (Å²) in [5.74, 6) is 0.942. The van der Waals surface area contributed by atoms with Gasteiger partial charge in [-0.05, 0) is 43.2 Å². The highest BCUT2D eigenvalue weighted by molar-refractivity contribution is 7.19. The number of allylic oxidation sites excluding steroid dienone is 1. The summed E-state index contributed by atoms with van der Waals surface area (Å²) in [6, 6.07) is 9.66. The van der Waals surface area contributed by atoms with Crippen molar-refractivity contribution in [2.24, 2.45) is 0 Å². The molecule has 160 valence electrons. The fourth-order valence-electron chi connectivity index (χ4n) is 4.53. The minimum atomic E-state index is -0.241. The maximum absolute atomic E-state index is 13.0. The van der Waals surface area contributed by atoms with Crippen LogP contribution >= 0.6 is 11.3 Å². The Balaban J connectivity index is 1.43. The normalized spacial score (nSPS) is 17.2. The Kier molecular flexibility index (Phi) is 5.70. The van der Waals surface area contributed by atoms with Crippen LogP contribution in [0, 0.1) is 0 Å². The highest BCUT2D eigenvalue weighted by Crippen LogP contribution is 2.38. The zero-order valence-electron chi connectivity index (χ0n) is 17.4. The molecule has 1 aromatic carbocycles. The molecule has 1 atom stereocenters. The largest absolute Gasteiger partial charge is 0.394 e. The van der Waals surface area contributed by atoms with Gasteiger partial charge in [-0.3, -0.25) is 4.79 Å². The summed E-state index contributed by atoms with van der Waals surface area (Å²) >= 11 is 1.65. The Labute approximate surface area is 185 Å². The third-order valence-corrected chi connectivity index (χ3v) is 7.31. The lowest BCUT2D eigenvalue weighted by molar-refractivity contribution is -0.128. The van der Waals surface area contributed by atoms with Gasteiger partial charge in [0.25, 0.3) is 0 Å². The highest BCUT2D eigenvalue weighted by Gasteiger charge is 2.28. The Morgan fingerprint density at radius 2 is 2.06 bits per heavy atom. The lowest BCUT2D eigenvalue weighted by atomic mass is 9.97. The molecule has 2 aliphatic rings. The van der Waals surface area contributed by atoms with Crippen molar-refractivity contribution in [3.05, 3.63) is 64.3 Å². The van der Waals surface area contributed by atoms with E-state index in [-0.39, 0.29) is 18.6 Å². The average Bonchev–Trinajstić information content (AvgIpc) is 3.21. The number of aromatic nitrogens is 2. The zero-order valence-corrected chi connectivity index (χ0v) is 18.2. The van der Waals surface area contributed by atoms with Gasteiger partial charge in [0.1, 0.15) is 17.0 Å². The number of hydrogen-bond donors (Lipinski definition) is 2. The summed E-state index contributed by atoms with van der Waals surface area (Å²) in [5, 5.41) is 14.4. The minimum Gasteiger partial charge on any atom is -0.394 e. The van der Waals surface area contributed by atoms with Crippen molar-refractivity contribution in [3.8, 4) is 0 Å². The van der Waals surface area contributed by atoms with Gasteiger partial charge in [-0.25, -0.2) is 9.97 Å². The lowest BCUT2D eigenvalue weighted by Gasteiger charge is -2.29. The third kappa shape index (κ3) is 3.95. The molecule has 7 heteroatoms. The van der Waals surface area contributed by atoms with Crippen molar-refractivity contribution in [2.75, 3.05) is 18.5 Å². The van der Waals surface area contributed by atoms with E-state index in [1.165, 1.54) is 16.9 Å². The summed E-state index contributed by atoms with van der Waals surface area (Å²) in [6.45, 7) is 1.32. The molecule has 1 aliphatic heterocycles. The van der Waals surface area contributed by atoms with Crippen LogP contribution in [-0.4, -0.2) is 39.0 Å². The summed E-state index contributed by atoms with van der Waals surface area (Å²) < 4.78 is 0. The molecule has 6 nitrogen and oxygen atoms in total. The monoisotopic (exact) mass is 434 g/mol. The van der Waals surface area contributed by atoms with Crippen molar-refractivity contribution >= 4 is 33.3 Å². The van der Waals surface area contributed by atoms with Crippen LogP contribution in [0.4, 0.5) is 5.82 Å². The first-order valence-electron chi connectivity index (χ1n) is 10.9. The van der Waals surface area contributed by atoms with Crippen molar-refractivity contribution in [2.45, 2.75) is 44.7 Å². The lowest BCUT2D eigenvalue weighted by Crippen LogP contribution is -2.36. The molecule has 3 heterocycles. The van der Waals surface area contributed by atoms with Crippen molar-refractivity contribution in [1.29, 1.82) is 0 Å². The molecule has 1 aliphatic carbocycles. The Morgan fingerprint density at radius 3 is 2.84 bits per heavy atom. The number of benzene rings is 1. The van der Waals surface area contributed by atoms with Gasteiger partial charge in [0.15, 0.2) is 0 Å². The number of amides is 1. The van der Waals surface area contributed by atoms with E-state index in [1.807, 2.05) is 35.2 Å². The van der Waals surface area contributed by atoms with Crippen LogP contribution in [0.3, 0.4) is 0 Å². The number of carbonyl (C=O) groups is 1. The fourth-order valence-corrected chi connectivity index (χ4v) is 5.73. The second kappa shape index (κ2) is 8.77. The molecule has 0 bridgehead atoms. The first-order chi connectivity index (χ1) is 15.2. The van der Waals surface area contributed by atoms with Crippen LogP contribution in [0.2, 0.25) is 0 Å². The molecule has 0 saturated carbocycles. The number of hydrogen-bond acceptors (Lipinski definition) is 6. The molecule has 1 amide bonds. The molecule has 2 N–H and O–H groups in total. The molecule has 0 fully saturated rings. The zero-order chi connectivity index (χ0) is 21.2. The van der Waals surface area contributed by atoms with Crippen molar-refractivity contribution in [3.63, 3.8) is 0 Å². The number of rotatable bonds is 5. The van der Waals surface area contributed by atoms with Gasteiger partial charge in [-0.15, -0.1) is 11.3 Å². The number of anilines is 1. The van der Waals surface area contributed by atoms with Crippen LogP contribution in [0.1, 0.15) is 47.7 Å². The average molecular weight is 435 g/mol. The van der Waals surface area contributed by atoms with Gasteiger partial charge >= 0.3 is 0 Å². The van der Waals surface area contributed by atoms with Crippen LogP contribution in [0.25, 0.3) is 10.2 Å². The molecular formula is C24H26N4O2S. The molecule has 3 aromatic rings. The SMILES string of the molecule is O=C(C1=CCCCC1)N1CCc2c(sc3ncnc(NC(CO)c4ccccc4)c23)C1. The predicted octanol–water partition coefficient (Wildman–Crippen LogP) is 4.22. The molecule has 2 aromatic heterocycles. The van der Waals surface area contributed by atoms with E-state index in [0.29, 0.717) is 13.1 Å². The van der Waals surface area contributed by atoms with Crippen molar-refractivity contribution < 1.29 is 9.90 Å². The van der Waals surface area contributed by atoms with E-state index in [9.17, 15) is 9.90 Å². The minimum absolute atomic E-state index is 0.0285. The van der Waals surface area contributed by atoms with E-state index in [2.05, 4.69) is 21.4 Å². The van der Waals surface area contributed by atoms with Crippen LogP contribution < -0.4 is 5.32 Å². The van der Waals surface area contributed by atoms with E-state index in [1.54, 1.807) is 17.7 Å². The van der Waals surface area contributed by atoms with Crippen LogP contribution in [0.15, 0.2) is 48.3 Å². The Hall–Kier alpha value is -2.77. The maximum atomic E-state index is 13.0. The standard InChI is InChI=1S/C24H26N4O2S/c29-14-19(16-7-3-1-4-8-16)27-22-21-18-11-12-28(24(30)17-9-5-2-6-10-17)13-20(18)31-23(21)26-15-25-22/h1,3-4,7-9,15,19,29H,2,5-6,10-14H2,(H,25,26,27).